The molecular formula is C33H49ClN4O11. The van der Waals surface area contributed by atoms with E-state index in [-0.39, 0.29) is 46.2 Å². The number of nitrogens with one attached hydrogen (secondary N) is 2. The highest BCUT2D eigenvalue weighted by Gasteiger charge is 2.47. The van der Waals surface area contributed by atoms with Gasteiger partial charge in [-0.3, -0.25) is 14.5 Å². The molecule has 16 heteroatoms. The van der Waals surface area contributed by atoms with Gasteiger partial charge in [0, 0.05) is 39.2 Å². The van der Waals surface area contributed by atoms with Crippen LogP contribution in [0.15, 0.2) is 12.1 Å². The number of halogens is 1. The minimum absolute atomic E-state index is 0.0413. The van der Waals surface area contributed by atoms with Crippen molar-refractivity contribution < 1.29 is 53.8 Å². The summed E-state index contributed by atoms with van der Waals surface area (Å²) in [5.41, 5.74) is 0.285. The number of hydrogen-bond donors (Lipinski definition) is 6. The average Bonchev–Trinajstić information content (AvgIpc) is 3.09. The number of rotatable bonds is 14. The van der Waals surface area contributed by atoms with Crippen LogP contribution in [0, 0.1) is 5.92 Å². The number of carbonyl (C=O) groups is 3. The number of carboxylic acids is 1. The summed E-state index contributed by atoms with van der Waals surface area (Å²) >= 11 is 6.47. The van der Waals surface area contributed by atoms with Crippen LogP contribution >= 0.6 is 11.6 Å². The normalized spacial score (nSPS) is 33.1. The second-order valence-electron chi connectivity index (χ2n) is 13.4. The first kappa shape index (κ1) is 37.5. The summed E-state index contributed by atoms with van der Waals surface area (Å²) in [7, 11) is 2.98. The van der Waals surface area contributed by atoms with Gasteiger partial charge in [0.05, 0.1) is 35.5 Å². The number of amides is 1. The maximum Gasteiger partial charge on any atom is 0.335 e. The van der Waals surface area contributed by atoms with Crippen LogP contribution in [0.3, 0.4) is 0 Å². The molecule has 1 aromatic carbocycles. The molecule has 5 fully saturated rings. The number of nitrogens with zero attached hydrogens (tertiary/aromatic N) is 2. The number of piperidine rings is 4. The molecule has 5 saturated heterocycles. The molecule has 0 radical (unpaired) electrons. The highest BCUT2D eigenvalue weighted by molar-refractivity contribution is 6.33. The molecule has 0 unspecified atom stereocenters. The Morgan fingerprint density at radius 1 is 0.959 bits per heavy atom. The Morgan fingerprint density at radius 2 is 1.71 bits per heavy atom. The fourth-order valence-electron chi connectivity index (χ4n) is 7.25. The molecule has 0 spiro atoms. The first-order valence-corrected chi connectivity index (χ1v) is 17.4. The molecule has 2 bridgehead atoms. The van der Waals surface area contributed by atoms with E-state index in [0.29, 0.717) is 25.3 Å². The summed E-state index contributed by atoms with van der Waals surface area (Å²) in [5.74, 6) is -1.39. The average molecular weight is 713 g/mol. The van der Waals surface area contributed by atoms with E-state index in [0.717, 1.165) is 64.8 Å². The summed E-state index contributed by atoms with van der Waals surface area (Å²) in [4.78, 5) is 42.0. The van der Waals surface area contributed by atoms with Gasteiger partial charge < -0.3 is 54.9 Å². The Labute approximate surface area is 290 Å². The molecule has 0 aliphatic carbocycles. The van der Waals surface area contributed by atoms with Gasteiger partial charge in [0.15, 0.2) is 12.3 Å². The van der Waals surface area contributed by atoms with E-state index >= 15 is 0 Å². The first-order valence-electron chi connectivity index (χ1n) is 17.0. The number of unbranched alkanes of at least 4 members (excludes halogenated alkanes) is 2. The summed E-state index contributed by atoms with van der Waals surface area (Å²) in [5, 5.41) is 45.6. The number of aliphatic hydroxyl groups excluding tert-OH is 3. The molecule has 0 saturated carbocycles. The highest BCUT2D eigenvalue weighted by Crippen LogP contribution is 2.34. The third kappa shape index (κ3) is 9.13. The zero-order valence-corrected chi connectivity index (χ0v) is 28.7. The van der Waals surface area contributed by atoms with Crippen molar-refractivity contribution in [1.29, 1.82) is 0 Å². The lowest BCUT2D eigenvalue weighted by Crippen LogP contribution is -2.61. The van der Waals surface area contributed by atoms with Gasteiger partial charge in [-0.05, 0) is 63.7 Å². The van der Waals surface area contributed by atoms with E-state index < -0.39 is 42.5 Å². The molecule has 15 nitrogen and oxygen atoms in total. The maximum absolute atomic E-state index is 13.4. The fraction of sp³-hybridized carbons (Fsp3) is 0.727. The number of methoxy groups -OCH3 is 2. The van der Waals surface area contributed by atoms with Gasteiger partial charge in [-0.1, -0.05) is 18.0 Å². The van der Waals surface area contributed by atoms with Crippen LogP contribution in [-0.4, -0.2) is 150 Å². The van der Waals surface area contributed by atoms with E-state index in [2.05, 4.69) is 20.4 Å². The number of esters is 1. The van der Waals surface area contributed by atoms with Crippen LogP contribution in [0.5, 0.6) is 5.75 Å². The SMILES string of the molecule is COc1cc(N[C@@H]2O[C@H](C(=O)O)[C@@H](O)[C@H](O)[C@H]2O)c(Cl)cc1C(=O)N[C@@H]1CCN(CCCCCC(=O)O[C@H]2CN3CCC2CC3)C[C@@H]1OC. The van der Waals surface area contributed by atoms with Crippen LogP contribution in [-0.2, 0) is 23.8 Å². The number of hydrogen-bond acceptors (Lipinski definition) is 13. The number of aliphatic hydroxyl groups is 3. The number of carbonyl (C=O) groups excluding carboxylic acids is 2. The zero-order chi connectivity index (χ0) is 35.2. The van der Waals surface area contributed by atoms with Crippen LogP contribution in [0.25, 0.3) is 0 Å². The smallest absolute Gasteiger partial charge is 0.335 e. The molecule has 274 valence electrons. The van der Waals surface area contributed by atoms with Gasteiger partial charge in [-0.2, -0.15) is 0 Å². The van der Waals surface area contributed by atoms with E-state index in [1.807, 2.05) is 0 Å². The number of benzene rings is 1. The third-order valence-corrected chi connectivity index (χ3v) is 10.5. The van der Waals surface area contributed by atoms with Gasteiger partial charge in [-0.25, -0.2) is 4.79 Å². The Hall–Kier alpha value is -2.76. The van der Waals surface area contributed by atoms with Crippen LogP contribution in [0.2, 0.25) is 5.02 Å². The maximum atomic E-state index is 13.4. The number of carboxylic acid groups (broad SMARTS) is 1. The lowest BCUT2D eigenvalue weighted by Gasteiger charge is -2.43. The van der Waals surface area contributed by atoms with Gasteiger partial charge in [0.2, 0.25) is 0 Å². The standard InChI is InChI=1S/C33H49ClN4O11/c1-46-23-15-22(36-32-29(42)27(40)28(41)30(49-32)33(44)45)20(34)14-19(23)31(43)35-21-9-13-37(17-25(21)47-2)10-5-3-4-6-26(39)48-24-16-38-11-7-18(24)8-12-38/h14-15,18,21,24-25,27-30,32,36,40-42H,3-13,16-17H2,1-2H3,(H,35,43)(H,44,45)/t21-,24+,25+,27+,28+,29-,30+,32-/m1/s1. The highest BCUT2D eigenvalue weighted by atomic mass is 35.5. The van der Waals surface area contributed by atoms with Crippen molar-refractivity contribution in [3.8, 4) is 5.75 Å². The van der Waals surface area contributed by atoms with E-state index in [4.69, 9.17) is 30.5 Å². The Bertz CT molecular complexity index is 1320. The van der Waals surface area contributed by atoms with Crippen molar-refractivity contribution in [2.24, 2.45) is 5.92 Å². The minimum Gasteiger partial charge on any atom is -0.496 e. The molecule has 5 aliphatic rings. The van der Waals surface area contributed by atoms with Crippen molar-refractivity contribution in [3.63, 3.8) is 0 Å². The Kier molecular flexibility index (Phi) is 13.0. The number of aliphatic carboxylic acids is 1. The summed E-state index contributed by atoms with van der Waals surface area (Å²) in [6.07, 6.45) is -2.77. The molecule has 6 rings (SSSR count). The largest absolute Gasteiger partial charge is 0.496 e. The van der Waals surface area contributed by atoms with Gasteiger partial charge >= 0.3 is 11.9 Å². The van der Waals surface area contributed by atoms with E-state index in [9.17, 15) is 34.8 Å². The van der Waals surface area contributed by atoms with Crippen molar-refractivity contribution in [1.82, 2.24) is 15.1 Å². The van der Waals surface area contributed by atoms with Crippen molar-refractivity contribution >= 4 is 35.1 Å². The van der Waals surface area contributed by atoms with E-state index in [1.165, 1.54) is 19.2 Å². The lowest BCUT2D eigenvalue weighted by atomic mass is 9.86. The molecule has 6 N–H and O–H groups in total. The molecule has 5 heterocycles. The molecule has 8 atom stereocenters. The molecule has 49 heavy (non-hydrogen) atoms. The lowest BCUT2D eigenvalue weighted by molar-refractivity contribution is -0.221. The van der Waals surface area contributed by atoms with Gasteiger partial charge in [0.25, 0.3) is 5.91 Å². The predicted molar refractivity (Wildman–Crippen MR) is 177 cm³/mol. The molecule has 1 aromatic rings. The monoisotopic (exact) mass is 712 g/mol. The van der Waals surface area contributed by atoms with Gasteiger partial charge in [-0.15, -0.1) is 0 Å². The fourth-order valence-corrected chi connectivity index (χ4v) is 7.47. The predicted octanol–water partition coefficient (Wildman–Crippen LogP) is 0.670. The number of anilines is 1. The minimum atomic E-state index is -1.84. The molecule has 1 amide bonds. The Morgan fingerprint density at radius 3 is 2.37 bits per heavy atom. The molecular weight excluding hydrogens is 664 g/mol. The number of ether oxygens (including phenoxy) is 4. The van der Waals surface area contributed by atoms with Crippen molar-refractivity contribution in [3.05, 3.63) is 22.7 Å². The van der Waals surface area contributed by atoms with Crippen LogP contribution in [0.4, 0.5) is 5.69 Å². The second kappa shape index (κ2) is 17.0. The summed E-state index contributed by atoms with van der Waals surface area (Å²) < 4.78 is 22.3. The molecule has 5 aliphatic heterocycles. The topological polar surface area (TPSA) is 200 Å². The second-order valence-corrected chi connectivity index (χ2v) is 13.8. The van der Waals surface area contributed by atoms with E-state index in [1.54, 1.807) is 7.11 Å². The van der Waals surface area contributed by atoms with Crippen LogP contribution in [0.1, 0.15) is 55.3 Å². The number of likely N-dealkylation sites (tertiary alicyclic amines) is 1. The first-order chi connectivity index (χ1) is 23.5. The Balaban J connectivity index is 1.08. The third-order valence-electron chi connectivity index (χ3n) is 10.2. The quantitative estimate of drug-likeness (QED) is 0.116. The summed E-state index contributed by atoms with van der Waals surface area (Å²) in [6.45, 7) is 5.36. The van der Waals surface area contributed by atoms with Crippen molar-refractivity contribution in [2.75, 3.05) is 58.8 Å². The molecule has 0 aromatic heterocycles. The summed E-state index contributed by atoms with van der Waals surface area (Å²) in [6, 6.07) is 2.49. The number of fused-ring (bicyclic) bond motifs is 3. The van der Waals surface area contributed by atoms with Crippen molar-refractivity contribution in [2.45, 2.75) is 93.8 Å². The zero-order valence-electron chi connectivity index (χ0n) is 28.0. The van der Waals surface area contributed by atoms with Gasteiger partial charge in [0.1, 0.15) is 30.2 Å². The van der Waals surface area contributed by atoms with Crippen LogP contribution < -0.4 is 15.4 Å².